The number of hydrogen-bond acceptors (Lipinski definition) is 6. The lowest BCUT2D eigenvalue weighted by Gasteiger charge is -2.29. The van der Waals surface area contributed by atoms with Crippen molar-refractivity contribution in [2.75, 3.05) is 7.05 Å². The smallest absolute Gasteiger partial charge is 0.255 e. The second kappa shape index (κ2) is 7.12. The monoisotopic (exact) mass is 396 g/mol. The molecular formula is C19H20N6O4. The average molecular weight is 396 g/mol. The molecule has 1 fully saturated rings. The highest BCUT2D eigenvalue weighted by molar-refractivity contribution is 6.05. The molecule has 4 amide bonds. The minimum atomic E-state index is -0.642. The second-order valence-corrected chi connectivity index (χ2v) is 7.27. The van der Waals surface area contributed by atoms with Crippen LogP contribution in [0.15, 0.2) is 24.4 Å². The van der Waals surface area contributed by atoms with Gasteiger partial charge in [-0.1, -0.05) is 5.21 Å². The van der Waals surface area contributed by atoms with E-state index in [0.29, 0.717) is 30.8 Å². The summed E-state index contributed by atoms with van der Waals surface area (Å²) in [4.78, 5) is 50.7. The fourth-order valence-corrected chi connectivity index (χ4v) is 3.55. The molecule has 1 saturated heterocycles. The third kappa shape index (κ3) is 3.48. The second-order valence-electron chi connectivity index (χ2n) is 7.27. The summed E-state index contributed by atoms with van der Waals surface area (Å²) < 4.78 is 1.59. The van der Waals surface area contributed by atoms with Crippen LogP contribution in [-0.4, -0.2) is 61.5 Å². The number of amides is 4. The van der Waals surface area contributed by atoms with E-state index < -0.39 is 11.9 Å². The van der Waals surface area contributed by atoms with Crippen LogP contribution in [0, 0.1) is 0 Å². The zero-order chi connectivity index (χ0) is 20.7. The van der Waals surface area contributed by atoms with Gasteiger partial charge in [-0.05, 0) is 30.2 Å². The Hall–Kier alpha value is -3.56. The van der Waals surface area contributed by atoms with Gasteiger partial charge in [0.05, 0.1) is 18.4 Å². The molecule has 0 saturated carbocycles. The van der Waals surface area contributed by atoms with Crippen molar-refractivity contribution >= 4 is 23.6 Å². The number of carbonyl (C=O) groups is 4. The van der Waals surface area contributed by atoms with Gasteiger partial charge in [-0.15, -0.1) is 5.10 Å². The van der Waals surface area contributed by atoms with Crippen LogP contribution in [0.2, 0.25) is 0 Å². The molecule has 10 nitrogen and oxygen atoms in total. The predicted molar refractivity (Wildman–Crippen MR) is 99.6 cm³/mol. The Morgan fingerprint density at radius 3 is 2.83 bits per heavy atom. The summed E-state index contributed by atoms with van der Waals surface area (Å²) >= 11 is 0. The minimum Gasteiger partial charge on any atom is -0.340 e. The molecule has 1 unspecified atom stereocenters. The maximum Gasteiger partial charge on any atom is 0.255 e. The SMILES string of the molecule is CC(=O)N(C)Cc1cn(-c2ccc3c(c2)CN(C2CCC(=O)NC2=O)C3=O)nn1. The van der Waals surface area contributed by atoms with Gasteiger partial charge in [-0.2, -0.15) is 0 Å². The first-order valence-electron chi connectivity index (χ1n) is 9.24. The van der Waals surface area contributed by atoms with E-state index in [2.05, 4.69) is 15.6 Å². The van der Waals surface area contributed by atoms with Crippen molar-refractivity contribution in [2.45, 2.75) is 38.9 Å². The quantitative estimate of drug-likeness (QED) is 0.728. The highest BCUT2D eigenvalue weighted by atomic mass is 16.2. The van der Waals surface area contributed by atoms with Crippen LogP contribution in [-0.2, 0) is 27.5 Å². The molecule has 10 heteroatoms. The molecule has 4 rings (SSSR count). The first-order valence-corrected chi connectivity index (χ1v) is 9.24. The summed E-state index contributed by atoms with van der Waals surface area (Å²) in [5.74, 6) is -1.03. The molecule has 29 heavy (non-hydrogen) atoms. The number of nitrogens with one attached hydrogen (secondary N) is 1. The predicted octanol–water partition coefficient (Wildman–Crippen LogP) is 0.00660. The third-order valence-electron chi connectivity index (χ3n) is 5.25. The van der Waals surface area contributed by atoms with Crippen molar-refractivity contribution in [3.05, 3.63) is 41.2 Å². The summed E-state index contributed by atoms with van der Waals surface area (Å²) in [6.07, 6.45) is 2.28. The van der Waals surface area contributed by atoms with E-state index in [1.807, 2.05) is 6.07 Å². The highest BCUT2D eigenvalue weighted by Crippen LogP contribution is 2.29. The Labute approximate surface area is 166 Å². The Balaban J connectivity index is 1.54. The van der Waals surface area contributed by atoms with Crippen LogP contribution >= 0.6 is 0 Å². The summed E-state index contributed by atoms with van der Waals surface area (Å²) in [6, 6.07) is 4.67. The lowest BCUT2D eigenvalue weighted by molar-refractivity contribution is -0.137. The number of benzene rings is 1. The standard InChI is InChI=1S/C19H20N6O4/c1-11(26)23(2)9-13-10-25(22-21-13)14-3-4-15-12(7-14)8-24(19(15)29)16-5-6-17(27)20-18(16)28/h3-4,7,10,16H,5-6,8-9H2,1-2H3,(H,20,27,28). The van der Waals surface area contributed by atoms with Crippen LogP contribution in [0.3, 0.4) is 0 Å². The normalized spacial score (nSPS) is 18.6. The van der Waals surface area contributed by atoms with Gasteiger partial charge >= 0.3 is 0 Å². The maximum atomic E-state index is 12.7. The van der Waals surface area contributed by atoms with Gasteiger partial charge in [0.15, 0.2) is 0 Å². The number of imide groups is 1. The van der Waals surface area contributed by atoms with E-state index in [9.17, 15) is 19.2 Å². The van der Waals surface area contributed by atoms with Gasteiger partial charge in [0.1, 0.15) is 11.7 Å². The van der Waals surface area contributed by atoms with E-state index in [1.54, 1.807) is 30.1 Å². The topological polar surface area (TPSA) is 118 Å². The molecule has 0 spiro atoms. The Morgan fingerprint density at radius 1 is 1.31 bits per heavy atom. The lowest BCUT2D eigenvalue weighted by atomic mass is 10.0. The van der Waals surface area contributed by atoms with E-state index in [-0.39, 0.29) is 24.1 Å². The van der Waals surface area contributed by atoms with Crippen molar-refractivity contribution < 1.29 is 19.2 Å². The first kappa shape index (κ1) is 18.8. The van der Waals surface area contributed by atoms with Crippen molar-refractivity contribution in [3.8, 4) is 5.69 Å². The molecule has 1 aromatic heterocycles. The van der Waals surface area contributed by atoms with Crippen LogP contribution < -0.4 is 5.32 Å². The Bertz CT molecular complexity index is 1030. The number of aromatic nitrogens is 3. The molecule has 3 heterocycles. The first-order chi connectivity index (χ1) is 13.8. The van der Waals surface area contributed by atoms with Crippen LogP contribution in [0.5, 0.6) is 0 Å². The molecule has 1 atom stereocenters. The van der Waals surface area contributed by atoms with Crippen molar-refractivity contribution in [2.24, 2.45) is 0 Å². The largest absolute Gasteiger partial charge is 0.340 e. The van der Waals surface area contributed by atoms with E-state index in [0.717, 1.165) is 11.3 Å². The lowest BCUT2D eigenvalue weighted by Crippen LogP contribution is -2.52. The van der Waals surface area contributed by atoms with Gasteiger partial charge in [-0.25, -0.2) is 4.68 Å². The zero-order valence-electron chi connectivity index (χ0n) is 16.1. The number of nitrogens with zero attached hydrogens (tertiary/aromatic N) is 5. The Kier molecular flexibility index (Phi) is 4.61. The van der Waals surface area contributed by atoms with Gasteiger partial charge in [0.25, 0.3) is 5.91 Å². The summed E-state index contributed by atoms with van der Waals surface area (Å²) in [7, 11) is 1.69. The number of fused-ring (bicyclic) bond motifs is 1. The number of rotatable bonds is 4. The van der Waals surface area contributed by atoms with Gasteiger partial charge in [0.2, 0.25) is 17.7 Å². The van der Waals surface area contributed by atoms with E-state index in [4.69, 9.17) is 0 Å². The zero-order valence-corrected chi connectivity index (χ0v) is 16.1. The van der Waals surface area contributed by atoms with Crippen LogP contribution in [0.4, 0.5) is 0 Å². The molecule has 0 bridgehead atoms. The molecular weight excluding hydrogens is 376 g/mol. The number of carbonyl (C=O) groups excluding carboxylic acids is 4. The Morgan fingerprint density at radius 2 is 2.10 bits per heavy atom. The van der Waals surface area contributed by atoms with Crippen LogP contribution in [0.25, 0.3) is 5.69 Å². The van der Waals surface area contributed by atoms with E-state index in [1.165, 1.54) is 16.7 Å². The molecule has 0 aliphatic carbocycles. The third-order valence-corrected chi connectivity index (χ3v) is 5.25. The molecule has 0 radical (unpaired) electrons. The van der Waals surface area contributed by atoms with Crippen molar-refractivity contribution in [3.63, 3.8) is 0 Å². The summed E-state index contributed by atoms with van der Waals surface area (Å²) in [6.45, 7) is 2.13. The molecule has 2 aromatic rings. The van der Waals surface area contributed by atoms with Crippen LogP contribution in [0.1, 0.15) is 41.4 Å². The van der Waals surface area contributed by atoms with Crippen molar-refractivity contribution in [1.82, 2.24) is 30.1 Å². The molecule has 2 aliphatic heterocycles. The van der Waals surface area contributed by atoms with Gasteiger partial charge in [0, 0.05) is 32.5 Å². The van der Waals surface area contributed by atoms with E-state index >= 15 is 0 Å². The minimum absolute atomic E-state index is 0.0656. The fraction of sp³-hybridized carbons (Fsp3) is 0.368. The average Bonchev–Trinajstić information content (AvgIpc) is 3.26. The fourth-order valence-electron chi connectivity index (χ4n) is 3.55. The van der Waals surface area contributed by atoms with Gasteiger partial charge < -0.3 is 9.80 Å². The molecule has 1 aromatic carbocycles. The highest BCUT2D eigenvalue weighted by Gasteiger charge is 2.39. The summed E-state index contributed by atoms with van der Waals surface area (Å²) in [5.41, 5.74) is 2.69. The maximum absolute atomic E-state index is 12.7. The molecule has 1 N–H and O–H groups in total. The molecule has 2 aliphatic rings. The van der Waals surface area contributed by atoms with Crippen molar-refractivity contribution in [1.29, 1.82) is 0 Å². The molecule has 150 valence electrons. The summed E-state index contributed by atoms with van der Waals surface area (Å²) in [5, 5.41) is 10.5. The van der Waals surface area contributed by atoms with Gasteiger partial charge in [-0.3, -0.25) is 24.5 Å². The number of piperidine rings is 1. The number of hydrogen-bond donors (Lipinski definition) is 1.